The average molecular weight is 366 g/mol. The van der Waals surface area contributed by atoms with Crippen LogP contribution in [0.25, 0.3) is 0 Å². The van der Waals surface area contributed by atoms with Crippen LogP contribution in [0.4, 0.5) is 0 Å². The van der Waals surface area contributed by atoms with E-state index in [0.29, 0.717) is 25.9 Å². The number of carboxylic acid groups (broad SMARTS) is 1. The van der Waals surface area contributed by atoms with Gasteiger partial charge in [-0.15, -0.1) is 0 Å². The molecule has 1 fully saturated rings. The van der Waals surface area contributed by atoms with Crippen molar-refractivity contribution in [2.75, 3.05) is 26.4 Å². The molecule has 0 unspecified atom stereocenters. The number of carbonyl (C=O) groups is 2. The van der Waals surface area contributed by atoms with E-state index in [1.54, 1.807) is 25.2 Å². The molecule has 1 heterocycles. The molecule has 6 nitrogen and oxygen atoms in total. The molecule has 1 amide bonds. The Morgan fingerprint density at radius 2 is 1.88 bits per heavy atom. The third-order valence-corrected chi connectivity index (χ3v) is 6.82. The number of rotatable bonds is 8. The number of hydrogen-bond donors (Lipinski definition) is 2. The zero-order valence-corrected chi connectivity index (χ0v) is 15.9. The van der Waals surface area contributed by atoms with E-state index in [9.17, 15) is 19.3 Å². The first-order valence-electron chi connectivity index (χ1n) is 8.54. The van der Waals surface area contributed by atoms with Gasteiger partial charge in [-0.1, -0.05) is 30.3 Å². The van der Waals surface area contributed by atoms with E-state index in [-0.39, 0.29) is 11.6 Å². The van der Waals surface area contributed by atoms with Crippen molar-refractivity contribution in [3.63, 3.8) is 0 Å². The number of likely N-dealkylation sites (tertiary alicyclic amines) is 1. The fourth-order valence-electron chi connectivity index (χ4n) is 2.91. The molecule has 2 rings (SSSR count). The van der Waals surface area contributed by atoms with Gasteiger partial charge in [-0.05, 0) is 38.7 Å². The number of carbonyl (C=O) groups excluding carboxylic acids is 1. The van der Waals surface area contributed by atoms with Gasteiger partial charge in [0.15, 0.2) is 0 Å². The van der Waals surface area contributed by atoms with Gasteiger partial charge in [0.05, 0.1) is 13.2 Å². The lowest BCUT2D eigenvalue weighted by molar-refractivity contribution is -0.141. The first kappa shape index (κ1) is 19.7. The Labute approximate surface area is 149 Å². The molecule has 1 aromatic carbocycles. The molecule has 2 N–H and O–H groups in total. The van der Waals surface area contributed by atoms with Crippen molar-refractivity contribution in [1.82, 2.24) is 10.2 Å². The summed E-state index contributed by atoms with van der Waals surface area (Å²) in [4.78, 5) is 25.6. The van der Waals surface area contributed by atoms with Gasteiger partial charge in [0.25, 0.3) is 0 Å². The third kappa shape index (κ3) is 5.41. The third-order valence-electron chi connectivity index (χ3n) is 4.74. The van der Waals surface area contributed by atoms with Crippen LogP contribution >= 0.6 is 7.14 Å². The van der Waals surface area contributed by atoms with E-state index in [2.05, 4.69) is 5.32 Å². The SMILES string of the molecule is C[C@H](N[C@@H](CCc1ccccc1)C(=O)O)C(=O)N1CC(P(C)(C)=O)C1. The molecule has 0 aromatic heterocycles. The molecule has 1 aromatic rings. The topological polar surface area (TPSA) is 86.7 Å². The standard InChI is InChI=1S/C18H27N2O4P/c1-13(17(21)20-11-15(12-20)25(2,3)24)19-16(18(22)23)10-9-14-7-5-4-6-8-14/h4-8,13,15-16,19H,9-12H2,1-3H3,(H,22,23)/t13-,16-/m0/s1. The van der Waals surface area contributed by atoms with Crippen LogP contribution in [0.2, 0.25) is 0 Å². The van der Waals surface area contributed by atoms with E-state index in [0.717, 1.165) is 5.56 Å². The summed E-state index contributed by atoms with van der Waals surface area (Å²) in [5.41, 5.74) is 1.14. The van der Waals surface area contributed by atoms with Crippen LogP contribution in [0.5, 0.6) is 0 Å². The number of hydrogen-bond acceptors (Lipinski definition) is 4. The van der Waals surface area contributed by atoms with Gasteiger partial charge in [0.2, 0.25) is 5.91 Å². The van der Waals surface area contributed by atoms with Gasteiger partial charge in [-0.25, -0.2) is 0 Å². The summed E-state index contributed by atoms with van der Waals surface area (Å²) in [6.07, 6.45) is 1.05. The Kier molecular flexibility index (Phi) is 6.42. The van der Waals surface area contributed by atoms with Gasteiger partial charge >= 0.3 is 5.97 Å². The highest BCUT2D eigenvalue weighted by Crippen LogP contribution is 2.46. The smallest absolute Gasteiger partial charge is 0.320 e. The zero-order valence-electron chi connectivity index (χ0n) is 15.0. The molecule has 1 saturated heterocycles. The molecule has 0 aliphatic carbocycles. The van der Waals surface area contributed by atoms with Crippen LogP contribution in [0.1, 0.15) is 18.9 Å². The first-order chi connectivity index (χ1) is 11.7. The molecule has 0 bridgehead atoms. The Morgan fingerprint density at radius 1 is 1.28 bits per heavy atom. The van der Waals surface area contributed by atoms with E-state index in [4.69, 9.17) is 0 Å². The van der Waals surface area contributed by atoms with Crippen LogP contribution in [-0.4, -0.2) is 66.0 Å². The van der Waals surface area contributed by atoms with Crippen LogP contribution in [-0.2, 0) is 20.6 Å². The summed E-state index contributed by atoms with van der Waals surface area (Å²) in [6.45, 7) is 6.16. The van der Waals surface area contributed by atoms with Crippen LogP contribution in [0.15, 0.2) is 30.3 Å². The minimum Gasteiger partial charge on any atom is -0.480 e. The molecule has 1 aliphatic rings. The quantitative estimate of drug-likeness (QED) is 0.686. The fourth-order valence-corrected chi connectivity index (χ4v) is 4.09. The molecular weight excluding hydrogens is 339 g/mol. The Balaban J connectivity index is 1.85. The van der Waals surface area contributed by atoms with Crippen molar-refractivity contribution in [2.45, 2.75) is 37.5 Å². The van der Waals surface area contributed by atoms with E-state index in [1.807, 2.05) is 30.3 Å². The molecule has 25 heavy (non-hydrogen) atoms. The monoisotopic (exact) mass is 366 g/mol. The second kappa shape index (κ2) is 8.15. The van der Waals surface area contributed by atoms with E-state index in [1.165, 1.54) is 0 Å². The first-order valence-corrected chi connectivity index (χ1v) is 11.2. The Morgan fingerprint density at radius 3 is 2.40 bits per heavy atom. The second-order valence-electron chi connectivity index (χ2n) is 7.13. The summed E-state index contributed by atoms with van der Waals surface area (Å²) in [6, 6.07) is 8.33. The summed E-state index contributed by atoms with van der Waals surface area (Å²) in [5.74, 6) is -1.08. The van der Waals surface area contributed by atoms with E-state index < -0.39 is 25.2 Å². The zero-order chi connectivity index (χ0) is 18.6. The van der Waals surface area contributed by atoms with Crippen molar-refractivity contribution < 1.29 is 19.3 Å². The maximum Gasteiger partial charge on any atom is 0.320 e. The van der Waals surface area contributed by atoms with Crippen molar-refractivity contribution in [1.29, 1.82) is 0 Å². The predicted octanol–water partition coefficient (Wildman–Crippen LogP) is 1.88. The number of aryl methyl sites for hydroxylation is 1. The van der Waals surface area contributed by atoms with Crippen LogP contribution in [0, 0.1) is 0 Å². The molecule has 0 spiro atoms. The Bertz CT molecular complexity index is 652. The highest BCUT2D eigenvalue weighted by atomic mass is 31.2. The molecule has 7 heteroatoms. The molecule has 1 aliphatic heterocycles. The number of aliphatic carboxylic acids is 1. The summed E-state index contributed by atoms with van der Waals surface area (Å²) in [5, 5.41) is 12.3. The summed E-state index contributed by atoms with van der Waals surface area (Å²) in [7, 11) is -2.17. The summed E-state index contributed by atoms with van der Waals surface area (Å²) < 4.78 is 12.0. The van der Waals surface area contributed by atoms with Crippen molar-refractivity contribution >= 4 is 19.0 Å². The van der Waals surface area contributed by atoms with Gasteiger partial charge in [-0.2, -0.15) is 0 Å². The lowest BCUT2D eigenvalue weighted by Gasteiger charge is -2.42. The van der Waals surface area contributed by atoms with Gasteiger partial charge in [-0.3, -0.25) is 14.9 Å². The number of nitrogens with zero attached hydrogens (tertiary/aromatic N) is 1. The molecule has 0 radical (unpaired) electrons. The lowest BCUT2D eigenvalue weighted by atomic mass is 10.0. The summed E-state index contributed by atoms with van der Waals surface area (Å²) >= 11 is 0. The van der Waals surface area contributed by atoms with Crippen LogP contribution in [0.3, 0.4) is 0 Å². The highest BCUT2D eigenvalue weighted by Gasteiger charge is 2.39. The maximum atomic E-state index is 12.4. The number of amides is 1. The number of benzene rings is 1. The molecule has 0 saturated carbocycles. The average Bonchev–Trinajstić information content (AvgIpc) is 2.48. The van der Waals surface area contributed by atoms with Crippen molar-refractivity contribution in [3.05, 3.63) is 35.9 Å². The largest absolute Gasteiger partial charge is 0.480 e. The minimum absolute atomic E-state index is 0.0667. The van der Waals surface area contributed by atoms with Crippen molar-refractivity contribution in [2.24, 2.45) is 0 Å². The van der Waals surface area contributed by atoms with Gasteiger partial charge in [0, 0.05) is 18.7 Å². The number of carboxylic acids is 1. The predicted molar refractivity (Wildman–Crippen MR) is 98.6 cm³/mol. The molecular formula is C18H27N2O4P. The highest BCUT2D eigenvalue weighted by molar-refractivity contribution is 7.63. The van der Waals surface area contributed by atoms with Gasteiger partial charge < -0.3 is 14.6 Å². The number of nitrogens with one attached hydrogen (secondary N) is 1. The lowest BCUT2D eigenvalue weighted by Crippen LogP contribution is -2.59. The Hall–Kier alpha value is -1.65. The van der Waals surface area contributed by atoms with Crippen molar-refractivity contribution in [3.8, 4) is 0 Å². The maximum absolute atomic E-state index is 12.4. The minimum atomic E-state index is -2.17. The second-order valence-corrected chi connectivity index (χ2v) is 10.7. The van der Waals surface area contributed by atoms with Gasteiger partial charge in [0.1, 0.15) is 6.04 Å². The molecule has 2 atom stereocenters. The molecule has 138 valence electrons. The van der Waals surface area contributed by atoms with E-state index >= 15 is 0 Å². The van der Waals surface area contributed by atoms with Crippen LogP contribution < -0.4 is 5.32 Å². The normalized spacial score (nSPS) is 17.6. The fraction of sp³-hybridized carbons (Fsp3) is 0.556.